The van der Waals surface area contributed by atoms with Crippen LogP contribution in [0.15, 0.2) is 28.7 Å². The second-order valence-corrected chi connectivity index (χ2v) is 5.92. The molecule has 18 heavy (non-hydrogen) atoms. The van der Waals surface area contributed by atoms with Crippen LogP contribution in [0.25, 0.3) is 0 Å². The van der Waals surface area contributed by atoms with Gasteiger partial charge in [-0.1, -0.05) is 34.1 Å². The third kappa shape index (κ3) is 1.88. The molecule has 3 rings (SSSR count). The van der Waals surface area contributed by atoms with Gasteiger partial charge in [-0.15, -0.1) is 0 Å². The van der Waals surface area contributed by atoms with Gasteiger partial charge in [-0.2, -0.15) is 0 Å². The zero-order chi connectivity index (χ0) is 12.7. The van der Waals surface area contributed by atoms with E-state index in [1.165, 1.54) is 4.90 Å². The molecule has 0 N–H and O–H groups in total. The lowest BCUT2D eigenvalue weighted by atomic mass is 9.96. The lowest BCUT2D eigenvalue weighted by Gasteiger charge is -2.30. The molecule has 1 aliphatic heterocycles. The Labute approximate surface area is 114 Å². The van der Waals surface area contributed by atoms with Gasteiger partial charge in [0.15, 0.2) is 0 Å². The molecule has 0 spiro atoms. The Bertz CT molecular complexity index is 492. The summed E-state index contributed by atoms with van der Waals surface area (Å²) in [5.41, 5.74) is 0.987. The van der Waals surface area contributed by atoms with Gasteiger partial charge in [0.2, 0.25) is 11.8 Å². The normalized spacial score (nSPS) is 26.8. The first-order chi connectivity index (χ1) is 8.66. The van der Waals surface area contributed by atoms with Crippen LogP contribution in [0.3, 0.4) is 0 Å². The Morgan fingerprint density at radius 2 is 1.72 bits per heavy atom. The number of nitrogens with zero attached hydrogens (tertiary/aromatic N) is 1. The van der Waals surface area contributed by atoms with Crippen molar-refractivity contribution in [3.05, 3.63) is 34.3 Å². The predicted octanol–water partition coefficient (Wildman–Crippen LogP) is 2.73. The van der Waals surface area contributed by atoms with E-state index < -0.39 is 0 Å². The molecule has 0 radical (unpaired) electrons. The highest BCUT2D eigenvalue weighted by Gasteiger charge is 2.45. The quantitative estimate of drug-likeness (QED) is 0.788. The topological polar surface area (TPSA) is 37.4 Å². The van der Waals surface area contributed by atoms with Crippen LogP contribution >= 0.6 is 15.9 Å². The van der Waals surface area contributed by atoms with E-state index >= 15 is 0 Å². The number of hydrogen-bond donors (Lipinski definition) is 0. The van der Waals surface area contributed by atoms with E-state index in [1.807, 2.05) is 24.3 Å². The van der Waals surface area contributed by atoms with Gasteiger partial charge in [0, 0.05) is 16.3 Å². The fraction of sp³-hybridized carbons (Fsp3) is 0.429. The van der Waals surface area contributed by atoms with Gasteiger partial charge in [-0.3, -0.25) is 14.5 Å². The number of piperidine rings is 1. The number of amides is 2. The van der Waals surface area contributed by atoms with E-state index in [2.05, 4.69) is 15.9 Å². The molecule has 0 aromatic heterocycles. The molecule has 1 saturated carbocycles. The molecule has 1 saturated heterocycles. The second kappa shape index (κ2) is 4.50. The van der Waals surface area contributed by atoms with Crippen molar-refractivity contribution >= 4 is 27.7 Å². The van der Waals surface area contributed by atoms with Crippen LogP contribution in [0.4, 0.5) is 0 Å². The maximum Gasteiger partial charge on any atom is 0.232 e. The standard InChI is InChI=1S/C14H14BrNO2/c15-12-4-2-1-3-11(12)8-16-13(17)9-5-6-10(7-9)14(16)18/h1-4,9-10H,5-8H2. The number of imide groups is 1. The molecule has 3 nitrogen and oxygen atoms in total. The lowest BCUT2D eigenvalue weighted by molar-refractivity contribution is -0.153. The van der Waals surface area contributed by atoms with E-state index in [0.717, 1.165) is 29.3 Å². The SMILES string of the molecule is O=C1C2CCC(C2)C(=O)N1Cc1ccccc1Br. The van der Waals surface area contributed by atoms with Crippen molar-refractivity contribution in [3.8, 4) is 0 Å². The minimum absolute atomic E-state index is 0.0181. The first-order valence-electron chi connectivity index (χ1n) is 6.25. The molecule has 94 valence electrons. The molecule has 2 bridgehead atoms. The maximum absolute atomic E-state index is 12.2. The summed E-state index contributed by atoms with van der Waals surface area (Å²) in [6.07, 6.45) is 2.52. The molecule has 4 heteroatoms. The summed E-state index contributed by atoms with van der Waals surface area (Å²) in [4.78, 5) is 25.8. The minimum Gasteiger partial charge on any atom is -0.278 e. The smallest absolute Gasteiger partial charge is 0.232 e. The average Bonchev–Trinajstić information content (AvgIpc) is 2.81. The van der Waals surface area contributed by atoms with E-state index in [4.69, 9.17) is 0 Å². The van der Waals surface area contributed by atoms with Gasteiger partial charge in [0.25, 0.3) is 0 Å². The molecule has 1 aliphatic carbocycles. The summed E-state index contributed by atoms with van der Waals surface area (Å²) in [6, 6.07) is 7.73. The number of halogens is 1. The van der Waals surface area contributed by atoms with E-state index in [-0.39, 0.29) is 23.7 Å². The monoisotopic (exact) mass is 307 g/mol. The molecule has 2 atom stereocenters. The molecule has 2 aliphatic rings. The molecule has 2 unspecified atom stereocenters. The highest BCUT2D eigenvalue weighted by atomic mass is 79.9. The highest BCUT2D eigenvalue weighted by Crippen LogP contribution is 2.38. The molecule has 2 fully saturated rings. The van der Waals surface area contributed by atoms with Crippen LogP contribution in [-0.4, -0.2) is 16.7 Å². The van der Waals surface area contributed by atoms with Gasteiger partial charge in [0.1, 0.15) is 0 Å². The zero-order valence-electron chi connectivity index (χ0n) is 9.93. The first-order valence-corrected chi connectivity index (χ1v) is 7.04. The van der Waals surface area contributed by atoms with Gasteiger partial charge < -0.3 is 0 Å². The highest BCUT2D eigenvalue weighted by molar-refractivity contribution is 9.10. The predicted molar refractivity (Wildman–Crippen MR) is 70.5 cm³/mol. The Kier molecular flexibility index (Phi) is 2.98. The Morgan fingerprint density at radius 3 is 2.33 bits per heavy atom. The molecule has 2 amide bonds. The fourth-order valence-electron chi connectivity index (χ4n) is 2.93. The fourth-order valence-corrected chi connectivity index (χ4v) is 3.34. The minimum atomic E-state index is 0.0181. The van der Waals surface area contributed by atoms with Crippen molar-refractivity contribution in [3.63, 3.8) is 0 Å². The number of benzene rings is 1. The number of likely N-dealkylation sites (tertiary alicyclic amines) is 1. The Balaban J connectivity index is 1.86. The summed E-state index contributed by atoms with van der Waals surface area (Å²) in [5, 5.41) is 0. The van der Waals surface area contributed by atoms with Crippen molar-refractivity contribution in [1.29, 1.82) is 0 Å². The summed E-state index contributed by atoms with van der Waals surface area (Å²) in [6.45, 7) is 0.395. The lowest BCUT2D eigenvalue weighted by Crippen LogP contribution is -2.45. The van der Waals surface area contributed by atoms with E-state index in [9.17, 15) is 9.59 Å². The number of carbonyl (C=O) groups is 2. The van der Waals surface area contributed by atoms with Crippen LogP contribution in [-0.2, 0) is 16.1 Å². The van der Waals surface area contributed by atoms with E-state index in [1.54, 1.807) is 0 Å². The van der Waals surface area contributed by atoms with Crippen LogP contribution < -0.4 is 0 Å². The summed E-state index contributed by atoms with van der Waals surface area (Å²) >= 11 is 3.46. The van der Waals surface area contributed by atoms with Gasteiger partial charge in [-0.05, 0) is 30.9 Å². The Morgan fingerprint density at radius 1 is 1.11 bits per heavy atom. The molecule has 1 aromatic carbocycles. The summed E-state index contributed by atoms with van der Waals surface area (Å²) < 4.78 is 0.948. The number of hydrogen-bond acceptors (Lipinski definition) is 2. The maximum atomic E-state index is 12.2. The number of fused-ring (bicyclic) bond motifs is 2. The largest absolute Gasteiger partial charge is 0.278 e. The van der Waals surface area contributed by atoms with Crippen molar-refractivity contribution in [2.75, 3.05) is 0 Å². The van der Waals surface area contributed by atoms with E-state index in [0.29, 0.717) is 6.54 Å². The van der Waals surface area contributed by atoms with Crippen molar-refractivity contribution < 1.29 is 9.59 Å². The van der Waals surface area contributed by atoms with Crippen molar-refractivity contribution in [2.45, 2.75) is 25.8 Å². The Hall–Kier alpha value is -1.16. The van der Waals surface area contributed by atoms with Gasteiger partial charge >= 0.3 is 0 Å². The molecule has 1 heterocycles. The van der Waals surface area contributed by atoms with Crippen molar-refractivity contribution in [1.82, 2.24) is 4.90 Å². The van der Waals surface area contributed by atoms with Gasteiger partial charge in [0.05, 0.1) is 6.54 Å². The molecular weight excluding hydrogens is 294 g/mol. The number of rotatable bonds is 2. The zero-order valence-corrected chi connectivity index (χ0v) is 11.5. The second-order valence-electron chi connectivity index (χ2n) is 5.06. The van der Waals surface area contributed by atoms with Crippen LogP contribution in [0.1, 0.15) is 24.8 Å². The molecular formula is C14H14BrNO2. The van der Waals surface area contributed by atoms with Crippen LogP contribution in [0.2, 0.25) is 0 Å². The average molecular weight is 308 g/mol. The third-order valence-corrected chi connectivity index (χ3v) is 4.72. The first kappa shape index (κ1) is 11.9. The summed E-state index contributed by atoms with van der Waals surface area (Å²) in [7, 11) is 0. The van der Waals surface area contributed by atoms with Crippen molar-refractivity contribution in [2.24, 2.45) is 11.8 Å². The summed E-state index contributed by atoms with van der Waals surface area (Å²) in [5.74, 6) is 0.194. The third-order valence-electron chi connectivity index (χ3n) is 3.95. The van der Waals surface area contributed by atoms with Gasteiger partial charge in [-0.25, -0.2) is 0 Å². The van der Waals surface area contributed by atoms with Crippen LogP contribution in [0, 0.1) is 11.8 Å². The molecule has 1 aromatic rings. The van der Waals surface area contributed by atoms with Crippen LogP contribution in [0.5, 0.6) is 0 Å². The number of carbonyl (C=O) groups excluding carboxylic acids is 2.